The van der Waals surface area contributed by atoms with Gasteiger partial charge in [0.1, 0.15) is 0 Å². The normalized spacial score (nSPS) is 18.4. The van der Waals surface area contributed by atoms with Crippen LogP contribution in [-0.2, 0) is 19.4 Å². The molecule has 0 unspecified atom stereocenters. The number of hydrogen-bond acceptors (Lipinski definition) is 4. The zero-order chi connectivity index (χ0) is 14.2. The molecule has 0 saturated heterocycles. The Labute approximate surface area is 129 Å². The van der Waals surface area contributed by atoms with Crippen molar-refractivity contribution >= 4 is 16.5 Å². The first-order valence-electron chi connectivity index (χ1n) is 7.86. The molecule has 4 rings (SSSR count). The molecular weight excluding hydrogens is 278 g/mol. The van der Waals surface area contributed by atoms with E-state index in [1.807, 2.05) is 11.3 Å². The van der Waals surface area contributed by atoms with Gasteiger partial charge < -0.3 is 10.6 Å². The van der Waals surface area contributed by atoms with E-state index in [-0.39, 0.29) is 0 Å². The van der Waals surface area contributed by atoms with Crippen molar-refractivity contribution in [1.82, 2.24) is 4.98 Å². The lowest BCUT2D eigenvalue weighted by molar-refractivity contribution is 0.797. The van der Waals surface area contributed by atoms with Crippen LogP contribution in [0, 0.1) is 0 Å². The van der Waals surface area contributed by atoms with Crippen LogP contribution in [0.5, 0.6) is 0 Å². The van der Waals surface area contributed by atoms with E-state index in [0.29, 0.717) is 12.5 Å². The molecule has 0 atom stereocenters. The van der Waals surface area contributed by atoms with Gasteiger partial charge in [-0.15, -0.1) is 11.3 Å². The van der Waals surface area contributed by atoms with Crippen LogP contribution in [0.3, 0.4) is 0 Å². The average molecular weight is 299 g/mol. The van der Waals surface area contributed by atoms with Crippen LogP contribution in [0.1, 0.15) is 40.5 Å². The molecule has 1 aliphatic heterocycles. The molecule has 110 valence electrons. The highest BCUT2D eigenvalue weighted by atomic mass is 32.1. The minimum Gasteiger partial charge on any atom is -0.347 e. The second-order valence-electron chi connectivity index (χ2n) is 6.04. The third-order valence-corrected chi connectivity index (χ3v) is 5.71. The van der Waals surface area contributed by atoms with Crippen molar-refractivity contribution in [3.63, 3.8) is 0 Å². The van der Waals surface area contributed by atoms with Crippen molar-refractivity contribution in [3.05, 3.63) is 46.0 Å². The standard InChI is InChI=1S/C17H21N3S/c18-11-15-16(14-5-6-14)19-17(21-15)20-9-7-12-3-1-2-4-13(12)8-10-20/h1-4,14H,5-11,18H2. The van der Waals surface area contributed by atoms with E-state index in [2.05, 4.69) is 29.2 Å². The summed E-state index contributed by atoms with van der Waals surface area (Å²) in [5.74, 6) is 0.692. The molecule has 2 aliphatic rings. The molecule has 0 radical (unpaired) electrons. The number of thiazole rings is 1. The van der Waals surface area contributed by atoms with Gasteiger partial charge in [0, 0.05) is 30.4 Å². The summed E-state index contributed by atoms with van der Waals surface area (Å²) in [6.45, 7) is 2.77. The molecule has 0 spiro atoms. The summed E-state index contributed by atoms with van der Waals surface area (Å²) in [7, 11) is 0. The lowest BCUT2D eigenvalue weighted by Crippen LogP contribution is -2.25. The number of hydrogen-bond donors (Lipinski definition) is 1. The van der Waals surface area contributed by atoms with Gasteiger partial charge in [0.2, 0.25) is 0 Å². The number of aromatic nitrogens is 1. The number of benzene rings is 1. The van der Waals surface area contributed by atoms with Gasteiger partial charge in [-0.2, -0.15) is 0 Å². The lowest BCUT2D eigenvalue weighted by atomic mass is 10.0. The molecule has 0 amide bonds. The van der Waals surface area contributed by atoms with Gasteiger partial charge in [-0.3, -0.25) is 0 Å². The fourth-order valence-corrected chi connectivity index (χ4v) is 4.24. The third-order valence-electron chi connectivity index (χ3n) is 4.56. The van der Waals surface area contributed by atoms with Crippen LogP contribution in [0.25, 0.3) is 0 Å². The zero-order valence-electron chi connectivity index (χ0n) is 12.2. The molecule has 1 fully saturated rings. The molecule has 3 nitrogen and oxygen atoms in total. The lowest BCUT2D eigenvalue weighted by Gasteiger charge is -2.18. The predicted octanol–water partition coefficient (Wildman–Crippen LogP) is 3.08. The van der Waals surface area contributed by atoms with Crippen LogP contribution in [0.2, 0.25) is 0 Å². The molecule has 0 bridgehead atoms. The summed E-state index contributed by atoms with van der Waals surface area (Å²) in [5, 5.41) is 1.19. The number of fused-ring (bicyclic) bond motifs is 1. The molecule has 1 aromatic heterocycles. The van der Waals surface area contributed by atoms with Crippen molar-refractivity contribution in [2.24, 2.45) is 5.73 Å². The van der Waals surface area contributed by atoms with Crippen molar-refractivity contribution in [3.8, 4) is 0 Å². The van der Waals surface area contributed by atoms with Crippen LogP contribution in [0.4, 0.5) is 5.13 Å². The summed E-state index contributed by atoms with van der Waals surface area (Å²) in [6.07, 6.45) is 4.82. The molecule has 4 heteroatoms. The molecule has 2 heterocycles. The first-order valence-corrected chi connectivity index (χ1v) is 8.68. The molecule has 2 aromatic rings. The van der Waals surface area contributed by atoms with Crippen LogP contribution < -0.4 is 10.6 Å². The molecule has 2 N–H and O–H groups in total. The molecule has 1 aromatic carbocycles. The predicted molar refractivity (Wildman–Crippen MR) is 88.0 cm³/mol. The molecule has 1 saturated carbocycles. The van der Waals surface area contributed by atoms with E-state index in [1.54, 1.807) is 0 Å². The summed E-state index contributed by atoms with van der Waals surface area (Å²) >= 11 is 1.81. The Bertz CT molecular complexity index is 618. The summed E-state index contributed by atoms with van der Waals surface area (Å²) in [5.41, 5.74) is 10.2. The maximum Gasteiger partial charge on any atom is 0.185 e. The average Bonchev–Trinajstić information content (AvgIpc) is 3.31. The topological polar surface area (TPSA) is 42.1 Å². The zero-order valence-corrected chi connectivity index (χ0v) is 13.0. The maximum atomic E-state index is 5.91. The fourth-order valence-electron chi connectivity index (χ4n) is 3.17. The first-order chi connectivity index (χ1) is 10.3. The number of rotatable bonds is 3. The summed E-state index contributed by atoms with van der Waals surface area (Å²) in [6, 6.07) is 8.83. The van der Waals surface area contributed by atoms with Crippen molar-refractivity contribution < 1.29 is 0 Å². The minimum absolute atomic E-state index is 0.636. The van der Waals surface area contributed by atoms with Crippen molar-refractivity contribution in [1.29, 1.82) is 0 Å². The van der Waals surface area contributed by atoms with Gasteiger partial charge in [-0.25, -0.2) is 4.98 Å². The van der Waals surface area contributed by atoms with E-state index in [0.717, 1.165) is 25.9 Å². The van der Waals surface area contributed by atoms with E-state index < -0.39 is 0 Å². The first kappa shape index (κ1) is 13.3. The van der Waals surface area contributed by atoms with Gasteiger partial charge in [-0.05, 0) is 36.8 Å². The molecule has 1 aliphatic carbocycles. The smallest absolute Gasteiger partial charge is 0.185 e. The molecular formula is C17H21N3S. The van der Waals surface area contributed by atoms with E-state index >= 15 is 0 Å². The van der Waals surface area contributed by atoms with Gasteiger partial charge in [0.15, 0.2) is 5.13 Å². The van der Waals surface area contributed by atoms with Gasteiger partial charge >= 0.3 is 0 Å². The fraction of sp³-hybridized carbons (Fsp3) is 0.471. The number of nitrogens with zero attached hydrogens (tertiary/aromatic N) is 2. The number of nitrogens with two attached hydrogens (primary N) is 1. The summed E-state index contributed by atoms with van der Waals surface area (Å²) in [4.78, 5) is 8.69. The van der Waals surface area contributed by atoms with Gasteiger partial charge in [0.25, 0.3) is 0 Å². The molecule has 21 heavy (non-hydrogen) atoms. The van der Waals surface area contributed by atoms with Gasteiger partial charge in [-0.1, -0.05) is 24.3 Å². The SMILES string of the molecule is NCc1sc(N2CCc3ccccc3CC2)nc1C1CC1. The Morgan fingerprint density at radius 1 is 1.14 bits per heavy atom. The quantitative estimate of drug-likeness (QED) is 0.947. The monoisotopic (exact) mass is 299 g/mol. The van der Waals surface area contributed by atoms with Crippen LogP contribution >= 0.6 is 11.3 Å². The number of anilines is 1. The van der Waals surface area contributed by atoms with Crippen LogP contribution in [-0.4, -0.2) is 18.1 Å². The second kappa shape index (κ2) is 5.43. The van der Waals surface area contributed by atoms with Gasteiger partial charge in [0.05, 0.1) is 5.69 Å². The maximum absolute atomic E-state index is 5.91. The highest BCUT2D eigenvalue weighted by molar-refractivity contribution is 7.15. The van der Waals surface area contributed by atoms with Crippen molar-refractivity contribution in [2.45, 2.75) is 38.1 Å². The van der Waals surface area contributed by atoms with E-state index in [9.17, 15) is 0 Å². The highest BCUT2D eigenvalue weighted by Gasteiger charge is 2.30. The van der Waals surface area contributed by atoms with Crippen LogP contribution in [0.15, 0.2) is 24.3 Å². The Morgan fingerprint density at radius 3 is 2.38 bits per heavy atom. The highest BCUT2D eigenvalue weighted by Crippen LogP contribution is 2.44. The second-order valence-corrected chi connectivity index (χ2v) is 7.10. The van der Waals surface area contributed by atoms with E-state index in [1.165, 1.54) is 39.7 Å². The Hall–Kier alpha value is -1.39. The Morgan fingerprint density at radius 2 is 1.81 bits per heavy atom. The third kappa shape index (κ3) is 2.58. The Kier molecular flexibility index (Phi) is 3.43. The minimum atomic E-state index is 0.636. The van der Waals surface area contributed by atoms with Crippen molar-refractivity contribution in [2.75, 3.05) is 18.0 Å². The Balaban J connectivity index is 1.57. The van der Waals surface area contributed by atoms with E-state index in [4.69, 9.17) is 10.7 Å². The largest absolute Gasteiger partial charge is 0.347 e. The summed E-state index contributed by atoms with van der Waals surface area (Å²) < 4.78 is 0.